The van der Waals surface area contributed by atoms with E-state index in [0.717, 1.165) is 50.7 Å². The first-order valence-corrected chi connectivity index (χ1v) is 13.5. The highest BCUT2D eigenvalue weighted by atomic mass is 16.5. The fourth-order valence-corrected chi connectivity index (χ4v) is 3.53. The second-order valence-corrected chi connectivity index (χ2v) is 8.69. The first kappa shape index (κ1) is 32.6. The van der Waals surface area contributed by atoms with Crippen LogP contribution in [-0.2, 0) is 19.1 Å². The second-order valence-electron chi connectivity index (χ2n) is 8.69. The van der Waals surface area contributed by atoms with Crippen molar-refractivity contribution in [1.82, 2.24) is 10.2 Å². The molecule has 2 N–H and O–H groups in total. The van der Waals surface area contributed by atoms with Crippen molar-refractivity contribution >= 4 is 17.8 Å². The predicted molar refractivity (Wildman–Crippen MR) is 154 cm³/mol. The summed E-state index contributed by atoms with van der Waals surface area (Å²) in [6, 6.07) is -0.315. The summed E-state index contributed by atoms with van der Waals surface area (Å²) in [4.78, 5) is 36.5. The number of nitrogens with one attached hydrogen (secondary N) is 1. The molecule has 1 atom stereocenters. The van der Waals surface area contributed by atoms with Crippen molar-refractivity contribution in [2.24, 2.45) is 0 Å². The third kappa shape index (κ3) is 17.9. The number of hydrogen-bond acceptors (Lipinski definition) is 4. The maximum Gasteiger partial charge on any atom is 0.328 e. The number of carbonyl (C=O) groups excluding carboxylic acids is 2. The lowest BCUT2D eigenvalue weighted by Crippen LogP contribution is -2.53. The lowest BCUT2D eigenvalue weighted by Gasteiger charge is -2.35. The smallest absolute Gasteiger partial charge is 0.328 e. The number of nitrogens with zero attached hydrogens (tertiary/aromatic N) is 1. The van der Waals surface area contributed by atoms with Gasteiger partial charge in [0.25, 0.3) is 0 Å². The summed E-state index contributed by atoms with van der Waals surface area (Å²) in [6.45, 7) is 3.47. The molecule has 0 aromatic heterocycles. The number of morpholine rings is 1. The molecule has 0 bridgehead atoms. The minimum atomic E-state index is -1.18. The van der Waals surface area contributed by atoms with E-state index < -0.39 is 11.9 Å². The molecule has 1 rings (SSSR count). The number of carbonyl (C=O) groups is 3. The van der Waals surface area contributed by atoms with Crippen molar-refractivity contribution < 1.29 is 24.2 Å². The lowest BCUT2D eigenvalue weighted by molar-refractivity contribution is -0.136. The van der Waals surface area contributed by atoms with E-state index in [1.807, 2.05) is 12.2 Å². The van der Waals surface area contributed by atoms with E-state index in [1.165, 1.54) is 4.90 Å². The first-order valence-electron chi connectivity index (χ1n) is 13.5. The molecule has 1 unspecified atom stereocenters. The van der Waals surface area contributed by atoms with Crippen LogP contribution < -0.4 is 5.32 Å². The summed E-state index contributed by atoms with van der Waals surface area (Å²) in [7, 11) is 0. The molecule has 1 heterocycles. The molecule has 0 aromatic rings. The van der Waals surface area contributed by atoms with Crippen LogP contribution in [0.4, 0.5) is 0 Å². The van der Waals surface area contributed by atoms with E-state index in [9.17, 15) is 14.4 Å². The van der Waals surface area contributed by atoms with Gasteiger partial charge in [0.05, 0.1) is 19.3 Å². The number of carboxylic acids is 1. The minimum Gasteiger partial charge on any atom is -0.478 e. The van der Waals surface area contributed by atoms with Gasteiger partial charge in [-0.05, 0) is 44.9 Å². The van der Waals surface area contributed by atoms with Crippen molar-refractivity contribution in [3.8, 4) is 0 Å². The summed E-state index contributed by atoms with van der Waals surface area (Å²) >= 11 is 0. The molecular formula is C31H44N2O5. The summed E-state index contributed by atoms with van der Waals surface area (Å²) in [6.07, 6.45) is 34.4. The molecule has 0 radical (unpaired) electrons. The van der Waals surface area contributed by atoms with Crippen LogP contribution in [0.15, 0.2) is 85.1 Å². The zero-order valence-electron chi connectivity index (χ0n) is 22.7. The van der Waals surface area contributed by atoms with E-state index in [1.54, 1.807) is 0 Å². The molecule has 7 heteroatoms. The highest BCUT2D eigenvalue weighted by Crippen LogP contribution is 2.08. The SMILES string of the molecule is CCC=CCC=CCC=CCC=CCC=CCC=CCCC(=O)NCC1COCCN1C(=O)C=CC(=O)O. The molecule has 208 valence electrons. The third-order valence-corrected chi connectivity index (χ3v) is 5.55. The van der Waals surface area contributed by atoms with Crippen LogP contribution in [0.1, 0.15) is 58.3 Å². The van der Waals surface area contributed by atoms with Crippen molar-refractivity contribution in [3.63, 3.8) is 0 Å². The number of rotatable bonds is 18. The number of hydrogen-bond donors (Lipinski definition) is 2. The number of ether oxygens (including phenoxy) is 1. The molecule has 1 aliphatic rings. The monoisotopic (exact) mass is 524 g/mol. The van der Waals surface area contributed by atoms with E-state index in [-0.39, 0.29) is 18.5 Å². The summed E-state index contributed by atoms with van der Waals surface area (Å²) in [5.74, 6) is -1.66. The Balaban J connectivity index is 2.12. The van der Waals surface area contributed by atoms with Gasteiger partial charge in [-0.15, -0.1) is 0 Å². The largest absolute Gasteiger partial charge is 0.478 e. The molecule has 0 spiro atoms. The van der Waals surface area contributed by atoms with Gasteiger partial charge < -0.3 is 20.1 Å². The zero-order chi connectivity index (χ0) is 27.7. The summed E-state index contributed by atoms with van der Waals surface area (Å²) in [5, 5.41) is 11.5. The Bertz CT molecular complexity index is 896. The Hall–Kier alpha value is -3.45. The van der Waals surface area contributed by atoms with Gasteiger partial charge in [-0.1, -0.05) is 79.8 Å². The van der Waals surface area contributed by atoms with E-state index in [2.05, 4.69) is 73.0 Å². The normalized spacial score (nSPS) is 17.0. The van der Waals surface area contributed by atoms with Crippen LogP contribution in [0, 0.1) is 0 Å². The standard InChI is InChI=1S/C31H44N2O5/c1-2-3-4-5-6-7-8-9-10-11-12-13-14-15-16-17-18-19-20-21-29(34)32-26-28-27-38-25-24-33(28)30(35)22-23-31(36)37/h3-4,6-7,9-10,12-13,15-16,18-19,22-23,28H,2,5,8,11,14,17,20-21,24-27H2,1H3,(H,32,34)(H,36,37). The third-order valence-electron chi connectivity index (χ3n) is 5.55. The molecule has 0 aliphatic carbocycles. The molecule has 2 amide bonds. The van der Waals surface area contributed by atoms with Crippen LogP contribution in [0.2, 0.25) is 0 Å². The lowest BCUT2D eigenvalue weighted by atomic mass is 10.2. The highest BCUT2D eigenvalue weighted by molar-refractivity contribution is 5.94. The van der Waals surface area contributed by atoms with Crippen molar-refractivity contribution in [3.05, 3.63) is 85.1 Å². The Morgan fingerprint density at radius 3 is 1.87 bits per heavy atom. The van der Waals surface area contributed by atoms with Gasteiger partial charge in [0.2, 0.25) is 11.8 Å². The van der Waals surface area contributed by atoms with Gasteiger partial charge in [0.15, 0.2) is 0 Å². The number of amides is 2. The van der Waals surface area contributed by atoms with E-state index >= 15 is 0 Å². The molecule has 0 saturated carbocycles. The fourth-order valence-electron chi connectivity index (χ4n) is 3.53. The van der Waals surface area contributed by atoms with Gasteiger partial charge in [-0.2, -0.15) is 0 Å². The summed E-state index contributed by atoms with van der Waals surface area (Å²) < 4.78 is 5.41. The predicted octanol–water partition coefficient (Wildman–Crippen LogP) is 5.45. The molecule has 38 heavy (non-hydrogen) atoms. The molecule has 0 aromatic carbocycles. The zero-order valence-corrected chi connectivity index (χ0v) is 22.7. The Kier molecular flexibility index (Phi) is 19.5. The van der Waals surface area contributed by atoms with Gasteiger partial charge in [-0.25, -0.2) is 4.79 Å². The maximum atomic E-state index is 12.2. The van der Waals surface area contributed by atoms with Gasteiger partial charge in [-0.3, -0.25) is 9.59 Å². The average molecular weight is 525 g/mol. The van der Waals surface area contributed by atoms with Crippen LogP contribution in [0.5, 0.6) is 0 Å². The fraction of sp³-hybridized carbons (Fsp3) is 0.452. The number of aliphatic carboxylic acids is 1. The molecule has 1 saturated heterocycles. The number of carboxylic acid groups (broad SMARTS) is 1. The van der Waals surface area contributed by atoms with E-state index in [4.69, 9.17) is 9.84 Å². The van der Waals surface area contributed by atoms with Crippen molar-refractivity contribution in [2.45, 2.75) is 64.3 Å². The number of allylic oxidation sites excluding steroid dienone is 12. The first-order chi connectivity index (χ1) is 18.5. The van der Waals surface area contributed by atoms with Gasteiger partial charge >= 0.3 is 5.97 Å². The van der Waals surface area contributed by atoms with Crippen LogP contribution >= 0.6 is 0 Å². The van der Waals surface area contributed by atoms with E-state index in [0.29, 0.717) is 32.6 Å². The molecular weight excluding hydrogens is 480 g/mol. The summed E-state index contributed by atoms with van der Waals surface area (Å²) in [5.41, 5.74) is 0. The Morgan fingerprint density at radius 1 is 0.816 bits per heavy atom. The van der Waals surface area contributed by atoms with Crippen molar-refractivity contribution in [2.75, 3.05) is 26.3 Å². The molecule has 7 nitrogen and oxygen atoms in total. The van der Waals surface area contributed by atoms with Gasteiger partial charge in [0, 0.05) is 31.7 Å². The second kappa shape index (κ2) is 22.7. The average Bonchev–Trinajstić information content (AvgIpc) is 2.92. The van der Waals surface area contributed by atoms with Crippen LogP contribution in [0.3, 0.4) is 0 Å². The molecule has 1 fully saturated rings. The Labute approximate surface area is 228 Å². The van der Waals surface area contributed by atoms with Crippen LogP contribution in [-0.4, -0.2) is 60.1 Å². The molecule has 1 aliphatic heterocycles. The minimum absolute atomic E-state index is 0.0939. The quantitative estimate of drug-likeness (QED) is 0.184. The Morgan fingerprint density at radius 2 is 1.34 bits per heavy atom. The highest BCUT2D eigenvalue weighted by Gasteiger charge is 2.26. The van der Waals surface area contributed by atoms with Gasteiger partial charge in [0.1, 0.15) is 0 Å². The van der Waals surface area contributed by atoms with Crippen molar-refractivity contribution in [1.29, 1.82) is 0 Å². The van der Waals surface area contributed by atoms with Crippen LogP contribution in [0.25, 0.3) is 0 Å². The maximum absolute atomic E-state index is 12.2. The topological polar surface area (TPSA) is 95.9 Å².